The smallest absolute Gasteiger partial charge is 0.255 e. The summed E-state index contributed by atoms with van der Waals surface area (Å²) in [6, 6.07) is 7.12. The maximum Gasteiger partial charge on any atom is 0.255 e. The van der Waals surface area contributed by atoms with Gasteiger partial charge in [0.1, 0.15) is 0 Å². The molecule has 2 heterocycles. The van der Waals surface area contributed by atoms with Crippen molar-refractivity contribution in [2.75, 3.05) is 65.6 Å². The summed E-state index contributed by atoms with van der Waals surface area (Å²) in [5.74, 6) is 0.551. The third-order valence-electron chi connectivity index (χ3n) is 7.27. The van der Waals surface area contributed by atoms with Crippen LogP contribution in [0.25, 0.3) is 0 Å². The van der Waals surface area contributed by atoms with Gasteiger partial charge in [-0.15, -0.1) is 0 Å². The van der Waals surface area contributed by atoms with Crippen molar-refractivity contribution >= 4 is 23.4 Å². The van der Waals surface area contributed by atoms with Crippen molar-refractivity contribution in [2.24, 2.45) is 5.92 Å². The van der Waals surface area contributed by atoms with Crippen LogP contribution in [0.3, 0.4) is 0 Å². The third kappa shape index (κ3) is 6.47. The Labute approximate surface area is 202 Å². The van der Waals surface area contributed by atoms with Gasteiger partial charge in [0, 0.05) is 45.8 Å². The average molecular weight is 477 g/mol. The standard InChI is InChI=1S/C25H37ClN4O3/c26-22-9-4-3-8-21(22)25(32)30-14-12-29(13-15-30)23(20-6-1-2-7-20)24(31)27-10-5-11-28-16-18-33-19-17-28/h3-4,8-9,20,23H,1-2,5-7,10-19H2,(H,27,31)/t23-/m1/s1. The Morgan fingerprint density at radius 2 is 1.73 bits per heavy atom. The highest BCUT2D eigenvalue weighted by Gasteiger charge is 2.37. The molecular formula is C25H37ClN4O3. The molecule has 1 atom stereocenters. The van der Waals surface area contributed by atoms with Crippen molar-refractivity contribution in [1.82, 2.24) is 20.0 Å². The zero-order valence-electron chi connectivity index (χ0n) is 19.5. The fraction of sp³-hybridized carbons (Fsp3) is 0.680. The lowest BCUT2D eigenvalue weighted by Crippen LogP contribution is -2.58. The molecule has 2 aliphatic heterocycles. The summed E-state index contributed by atoms with van der Waals surface area (Å²) in [6.45, 7) is 7.98. The van der Waals surface area contributed by atoms with Gasteiger partial charge in [0.15, 0.2) is 0 Å². The fourth-order valence-electron chi connectivity index (χ4n) is 5.40. The van der Waals surface area contributed by atoms with Gasteiger partial charge in [-0.25, -0.2) is 0 Å². The molecule has 33 heavy (non-hydrogen) atoms. The lowest BCUT2D eigenvalue weighted by atomic mass is 9.95. The predicted molar refractivity (Wildman–Crippen MR) is 130 cm³/mol. The second-order valence-electron chi connectivity index (χ2n) is 9.40. The molecule has 0 bridgehead atoms. The van der Waals surface area contributed by atoms with Crippen LogP contribution in [0.5, 0.6) is 0 Å². The number of nitrogens with one attached hydrogen (secondary N) is 1. The molecule has 8 heteroatoms. The minimum atomic E-state index is -0.0894. The number of rotatable bonds is 8. The van der Waals surface area contributed by atoms with E-state index in [2.05, 4.69) is 15.1 Å². The number of hydrogen-bond acceptors (Lipinski definition) is 5. The van der Waals surface area contributed by atoms with Crippen LogP contribution in [0.15, 0.2) is 24.3 Å². The molecule has 1 N–H and O–H groups in total. The number of amides is 2. The Balaban J connectivity index is 1.29. The molecule has 0 spiro atoms. The lowest BCUT2D eigenvalue weighted by molar-refractivity contribution is -0.129. The summed E-state index contributed by atoms with van der Waals surface area (Å²) in [4.78, 5) is 32.8. The topological polar surface area (TPSA) is 65.1 Å². The Bertz CT molecular complexity index is 788. The Morgan fingerprint density at radius 1 is 1.03 bits per heavy atom. The zero-order chi connectivity index (χ0) is 23.0. The van der Waals surface area contributed by atoms with Gasteiger partial charge >= 0.3 is 0 Å². The molecular weight excluding hydrogens is 440 g/mol. The first-order valence-corrected chi connectivity index (χ1v) is 12.9. The number of halogens is 1. The van der Waals surface area contributed by atoms with Crippen molar-refractivity contribution in [3.63, 3.8) is 0 Å². The second-order valence-corrected chi connectivity index (χ2v) is 9.80. The van der Waals surface area contributed by atoms with Crippen molar-refractivity contribution < 1.29 is 14.3 Å². The zero-order valence-corrected chi connectivity index (χ0v) is 20.3. The number of carbonyl (C=O) groups is 2. The van der Waals surface area contributed by atoms with Crippen LogP contribution >= 0.6 is 11.6 Å². The summed E-state index contributed by atoms with van der Waals surface area (Å²) in [6.07, 6.45) is 5.60. The van der Waals surface area contributed by atoms with E-state index in [1.54, 1.807) is 12.1 Å². The number of morpholine rings is 1. The molecule has 182 valence electrons. The van der Waals surface area contributed by atoms with Crippen LogP contribution < -0.4 is 5.32 Å². The van der Waals surface area contributed by atoms with Crippen LogP contribution in [0.1, 0.15) is 42.5 Å². The average Bonchev–Trinajstić information content (AvgIpc) is 3.37. The minimum Gasteiger partial charge on any atom is -0.379 e. The fourth-order valence-corrected chi connectivity index (χ4v) is 5.62. The van der Waals surface area contributed by atoms with Gasteiger partial charge < -0.3 is 15.0 Å². The van der Waals surface area contributed by atoms with Crippen LogP contribution in [0.4, 0.5) is 0 Å². The summed E-state index contributed by atoms with van der Waals surface area (Å²) in [7, 11) is 0. The molecule has 1 aliphatic carbocycles. The first kappa shape index (κ1) is 24.5. The highest BCUT2D eigenvalue weighted by Crippen LogP contribution is 2.31. The molecule has 1 saturated carbocycles. The highest BCUT2D eigenvalue weighted by molar-refractivity contribution is 6.33. The van der Waals surface area contributed by atoms with E-state index < -0.39 is 0 Å². The number of ether oxygens (including phenoxy) is 1. The van der Waals surface area contributed by atoms with Crippen LogP contribution in [0.2, 0.25) is 5.02 Å². The highest BCUT2D eigenvalue weighted by atomic mass is 35.5. The van der Waals surface area contributed by atoms with Crippen molar-refractivity contribution in [2.45, 2.75) is 38.1 Å². The molecule has 1 aromatic carbocycles. The quantitative estimate of drug-likeness (QED) is 0.584. The Kier molecular flexibility index (Phi) is 9.01. The van der Waals surface area contributed by atoms with E-state index in [1.807, 2.05) is 17.0 Å². The van der Waals surface area contributed by atoms with E-state index in [-0.39, 0.29) is 17.9 Å². The molecule has 7 nitrogen and oxygen atoms in total. The first-order chi connectivity index (χ1) is 16.1. The lowest BCUT2D eigenvalue weighted by Gasteiger charge is -2.41. The number of hydrogen-bond donors (Lipinski definition) is 1. The number of piperazine rings is 1. The van der Waals surface area contributed by atoms with Gasteiger partial charge in [-0.05, 0) is 43.9 Å². The molecule has 3 aliphatic rings. The molecule has 0 aromatic heterocycles. The van der Waals surface area contributed by atoms with Gasteiger partial charge in [-0.2, -0.15) is 0 Å². The largest absolute Gasteiger partial charge is 0.379 e. The van der Waals surface area contributed by atoms with Crippen molar-refractivity contribution in [3.8, 4) is 0 Å². The minimum absolute atomic E-state index is 0.0229. The maximum atomic E-state index is 13.3. The van der Waals surface area contributed by atoms with Crippen molar-refractivity contribution in [3.05, 3.63) is 34.9 Å². The van der Waals surface area contributed by atoms with Crippen LogP contribution in [-0.4, -0.2) is 98.1 Å². The second kappa shape index (κ2) is 12.2. The summed E-state index contributed by atoms with van der Waals surface area (Å²) in [5, 5.41) is 3.72. The van der Waals surface area contributed by atoms with E-state index in [4.69, 9.17) is 16.3 Å². The van der Waals surface area contributed by atoms with Gasteiger partial charge in [-0.1, -0.05) is 36.6 Å². The Hall–Kier alpha value is -1.67. The van der Waals surface area contributed by atoms with E-state index in [9.17, 15) is 9.59 Å². The molecule has 3 fully saturated rings. The SMILES string of the molecule is O=C(NCCCN1CCOCC1)[C@@H](C1CCCC1)N1CCN(C(=O)c2ccccc2Cl)CC1. The molecule has 0 unspecified atom stereocenters. The predicted octanol–water partition coefficient (Wildman–Crippen LogP) is 2.50. The van der Waals surface area contributed by atoms with E-state index in [0.717, 1.165) is 65.2 Å². The van der Waals surface area contributed by atoms with Crippen LogP contribution in [0, 0.1) is 5.92 Å². The van der Waals surface area contributed by atoms with E-state index in [1.165, 1.54) is 12.8 Å². The third-order valence-corrected chi connectivity index (χ3v) is 7.60. The first-order valence-electron chi connectivity index (χ1n) is 12.5. The summed E-state index contributed by atoms with van der Waals surface area (Å²) in [5.41, 5.74) is 0.554. The normalized spacial score (nSPS) is 21.8. The van der Waals surface area contributed by atoms with E-state index in [0.29, 0.717) is 36.1 Å². The Morgan fingerprint density at radius 3 is 2.42 bits per heavy atom. The monoisotopic (exact) mass is 476 g/mol. The van der Waals surface area contributed by atoms with Gasteiger partial charge in [0.25, 0.3) is 5.91 Å². The number of carbonyl (C=O) groups excluding carboxylic acids is 2. The molecule has 2 saturated heterocycles. The molecule has 1 aromatic rings. The van der Waals surface area contributed by atoms with E-state index >= 15 is 0 Å². The number of nitrogens with zero attached hydrogens (tertiary/aromatic N) is 3. The molecule has 2 amide bonds. The van der Waals surface area contributed by atoms with Crippen LogP contribution in [-0.2, 0) is 9.53 Å². The summed E-state index contributed by atoms with van der Waals surface area (Å²) < 4.78 is 5.41. The molecule has 0 radical (unpaired) electrons. The van der Waals surface area contributed by atoms with Crippen molar-refractivity contribution in [1.29, 1.82) is 0 Å². The van der Waals surface area contributed by atoms with Gasteiger partial charge in [-0.3, -0.25) is 19.4 Å². The van der Waals surface area contributed by atoms with Gasteiger partial charge in [0.2, 0.25) is 5.91 Å². The van der Waals surface area contributed by atoms with Gasteiger partial charge in [0.05, 0.1) is 29.8 Å². The maximum absolute atomic E-state index is 13.3. The number of benzene rings is 1. The summed E-state index contributed by atoms with van der Waals surface area (Å²) >= 11 is 6.24. The molecule has 4 rings (SSSR count).